The molecule has 1 amide bonds. The molecule has 1 heterocycles. The van der Waals surface area contributed by atoms with Crippen LogP contribution < -0.4 is 10.0 Å². The Labute approximate surface area is 179 Å². The quantitative estimate of drug-likeness (QED) is 0.496. The van der Waals surface area contributed by atoms with Gasteiger partial charge in [0, 0.05) is 11.1 Å². The maximum Gasteiger partial charge on any atom is 0.308 e. The van der Waals surface area contributed by atoms with Gasteiger partial charge in [-0.15, -0.1) is 0 Å². The minimum atomic E-state index is -3.65. The molecule has 2 aromatic carbocycles. The SMILES string of the molecule is CC(=O)c1ccccc1NC(=O)[C@@H](C)OC(=O)CCN=C1NS(=O)(=O)c2ccccc21. The number of ether oxygens (including phenoxy) is 1. The number of hydrogen-bond donors (Lipinski definition) is 2. The molecule has 0 fully saturated rings. The molecule has 0 aromatic heterocycles. The largest absolute Gasteiger partial charge is 0.452 e. The van der Waals surface area contributed by atoms with E-state index in [-0.39, 0.29) is 29.5 Å². The zero-order chi connectivity index (χ0) is 22.6. The normalized spacial score (nSPS) is 16.1. The average molecular weight is 443 g/mol. The van der Waals surface area contributed by atoms with Crippen molar-refractivity contribution in [3.63, 3.8) is 0 Å². The molecule has 0 saturated carbocycles. The summed E-state index contributed by atoms with van der Waals surface area (Å²) >= 11 is 0. The first-order valence-electron chi connectivity index (χ1n) is 9.46. The number of para-hydroxylation sites is 1. The van der Waals surface area contributed by atoms with Gasteiger partial charge in [-0.25, -0.2) is 8.42 Å². The van der Waals surface area contributed by atoms with Crippen molar-refractivity contribution in [1.29, 1.82) is 0 Å². The molecule has 3 rings (SSSR count). The maximum absolute atomic E-state index is 12.3. The van der Waals surface area contributed by atoms with E-state index in [0.717, 1.165) is 0 Å². The molecule has 1 aliphatic rings. The average Bonchev–Trinajstić information content (AvgIpc) is 2.98. The van der Waals surface area contributed by atoms with Crippen molar-refractivity contribution in [1.82, 2.24) is 4.72 Å². The Morgan fingerprint density at radius 2 is 1.77 bits per heavy atom. The molecule has 162 valence electrons. The van der Waals surface area contributed by atoms with E-state index in [4.69, 9.17) is 4.74 Å². The van der Waals surface area contributed by atoms with Gasteiger partial charge in [0.2, 0.25) is 0 Å². The fourth-order valence-corrected chi connectivity index (χ4v) is 4.20. The second kappa shape index (κ2) is 9.09. The zero-order valence-electron chi connectivity index (χ0n) is 16.9. The van der Waals surface area contributed by atoms with E-state index < -0.39 is 28.0 Å². The van der Waals surface area contributed by atoms with Gasteiger partial charge in [-0.1, -0.05) is 24.3 Å². The summed E-state index contributed by atoms with van der Waals surface area (Å²) in [7, 11) is -3.65. The fourth-order valence-electron chi connectivity index (χ4n) is 2.95. The van der Waals surface area contributed by atoms with Gasteiger partial charge in [-0.05, 0) is 38.1 Å². The molecule has 1 atom stereocenters. The van der Waals surface area contributed by atoms with Crippen molar-refractivity contribution in [3.8, 4) is 0 Å². The van der Waals surface area contributed by atoms with E-state index in [1.165, 1.54) is 19.9 Å². The summed E-state index contributed by atoms with van der Waals surface area (Å²) in [6, 6.07) is 12.9. The second-order valence-electron chi connectivity index (χ2n) is 6.81. The number of esters is 1. The Kier molecular flexibility index (Phi) is 6.50. The van der Waals surface area contributed by atoms with Crippen LogP contribution in [0, 0.1) is 0 Å². The van der Waals surface area contributed by atoms with Crippen LogP contribution in [0.5, 0.6) is 0 Å². The highest BCUT2D eigenvalue weighted by Gasteiger charge is 2.30. The van der Waals surface area contributed by atoms with Crippen LogP contribution >= 0.6 is 0 Å². The van der Waals surface area contributed by atoms with Crippen molar-refractivity contribution in [2.75, 3.05) is 11.9 Å². The van der Waals surface area contributed by atoms with Crippen molar-refractivity contribution in [3.05, 3.63) is 59.7 Å². The molecule has 2 N–H and O–H groups in total. The van der Waals surface area contributed by atoms with Gasteiger partial charge in [-0.3, -0.25) is 24.1 Å². The first-order valence-corrected chi connectivity index (χ1v) is 10.9. The maximum atomic E-state index is 12.3. The molecule has 9 nitrogen and oxygen atoms in total. The molecule has 0 aliphatic carbocycles. The number of amides is 1. The van der Waals surface area contributed by atoms with Gasteiger partial charge in [-0.2, -0.15) is 0 Å². The number of benzene rings is 2. The third-order valence-electron chi connectivity index (χ3n) is 4.49. The molecule has 0 unspecified atom stereocenters. The molecule has 31 heavy (non-hydrogen) atoms. The molecule has 0 radical (unpaired) electrons. The van der Waals surface area contributed by atoms with Gasteiger partial charge in [0.25, 0.3) is 15.9 Å². The van der Waals surface area contributed by atoms with Crippen LogP contribution in [0.1, 0.15) is 36.2 Å². The molecule has 0 bridgehead atoms. The molecule has 10 heteroatoms. The number of hydrogen-bond acceptors (Lipinski definition) is 7. The van der Waals surface area contributed by atoms with Gasteiger partial charge in [0.05, 0.1) is 23.5 Å². The van der Waals surface area contributed by atoms with Gasteiger partial charge < -0.3 is 10.1 Å². The van der Waals surface area contributed by atoms with E-state index in [1.807, 2.05) is 0 Å². The summed E-state index contributed by atoms with van der Waals surface area (Å²) in [6.07, 6.45) is -1.24. The lowest BCUT2D eigenvalue weighted by molar-refractivity contribution is -0.152. The lowest BCUT2D eigenvalue weighted by Crippen LogP contribution is -2.30. The van der Waals surface area contributed by atoms with Crippen molar-refractivity contribution in [2.24, 2.45) is 4.99 Å². The summed E-state index contributed by atoms with van der Waals surface area (Å²) in [5, 5.41) is 2.58. The van der Waals surface area contributed by atoms with Crippen LogP contribution in [0.25, 0.3) is 0 Å². The summed E-state index contributed by atoms with van der Waals surface area (Å²) in [5.74, 6) is -1.29. The molecule has 0 spiro atoms. The number of Topliss-reactive ketones (excluding diaryl/α,β-unsaturated/α-hetero) is 1. The topological polar surface area (TPSA) is 131 Å². The predicted molar refractivity (Wildman–Crippen MR) is 113 cm³/mol. The number of amidine groups is 1. The second-order valence-corrected chi connectivity index (χ2v) is 8.46. The van der Waals surface area contributed by atoms with E-state index in [1.54, 1.807) is 42.5 Å². The summed E-state index contributed by atoms with van der Waals surface area (Å²) in [5.41, 5.74) is 1.12. The van der Waals surface area contributed by atoms with Crippen LogP contribution in [-0.2, 0) is 24.3 Å². The minimum Gasteiger partial charge on any atom is -0.452 e. The molecule has 2 aromatic rings. The monoisotopic (exact) mass is 443 g/mol. The molecule has 0 saturated heterocycles. The van der Waals surface area contributed by atoms with Gasteiger partial charge >= 0.3 is 5.97 Å². The Hall–Kier alpha value is -3.53. The Balaban J connectivity index is 1.55. The molecule has 1 aliphatic heterocycles. The highest BCUT2D eigenvalue weighted by molar-refractivity contribution is 7.90. The highest BCUT2D eigenvalue weighted by Crippen LogP contribution is 2.22. The van der Waals surface area contributed by atoms with Crippen molar-refractivity contribution < 1.29 is 27.5 Å². The van der Waals surface area contributed by atoms with Crippen LogP contribution in [-0.4, -0.2) is 44.6 Å². The minimum absolute atomic E-state index is 0.0213. The van der Waals surface area contributed by atoms with E-state index in [0.29, 0.717) is 16.8 Å². The molecular weight excluding hydrogens is 422 g/mol. The number of nitrogens with zero attached hydrogens (tertiary/aromatic N) is 1. The number of rotatable bonds is 7. The summed E-state index contributed by atoms with van der Waals surface area (Å²) in [6.45, 7) is 2.78. The number of anilines is 1. The van der Waals surface area contributed by atoms with Gasteiger partial charge in [0.15, 0.2) is 11.9 Å². The first-order chi connectivity index (χ1) is 14.7. The summed E-state index contributed by atoms with van der Waals surface area (Å²) in [4.78, 5) is 40.3. The Morgan fingerprint density at radius 1 is 1.10 bits per heavy atom. The molecular formula is C21H21N3O6S. The van der Waals surface area contributed by atoms with E-state index in [9.17, 15) is 22.8 Å². The number of carbonyl (C=O) groups is 3. The van der Waals surface area contributed by atoms with Crippen molar-refractivity contribution >= 4 is 39.2 Å². The lowest BCUT2D eigenvalue weighted by Gasteiger charge is -2.14. The first kappa shape index (κ1) is 22.2. The smallest absolute Gasteiger partial charge is 0.308 e. The number of fused-ring (bicyclic) bond motifs is 1. The van der Waals surface area contributed by atoms with E-state index >= 15 is 0 Å². The fraction of sp³-hybridized carbons (Fsp3) is 0.238. The van der Waals surface area contributed by atoms with E-state index in [2.05, 4.69) is 15.0 Å². The Bertz CT molecular complexity index is 1170. The van der Waals surface area contributed by atoms with Crippen molar-refractivity contribution in [2.45, 2.75) is 31.3 Å². The number of nitrogens with one attached hydrogen (secondary N) is 2. The summed E-state index contributed by atoms with van der Waals surface area (Å²) < 4.78 is 31.6. The standard InChI is InChI=1S/C21H21N3O6S/c1-13(25)15-7-3-5-9-17(15)23-21(27)14(2)30-19(26)11-12-22-20-16-8-4-6-10-18(16)31(28,29)24-20/h3-10,14H,11-12H2,1-2H3,(H,22,24)(H,23,27)/t14-/m1/s1. The van der Waals surface area contributed by atoms with Crippen LogP contribution in [0.3, 0.4) is 0 Å². The highest BCUT2D eigenvalue weighted by atomic mass is 32.2. The third-order valence-corrected chi connectivity index (χ3v) is 5.89. The zero-order valence-corrected chi connectivity index (χ0v) is 17.7. The number of ketones is 1. The number of sulfonamides is 1. The van der Waals surface area contributed by atoms with Crippen LogP contribution in [0.4, 0.5) is 5.69 Å². The third kappa shape index (κ3) is 5.15. The van der Waals surface area contributed by atoms with Crippen LogP contribution in [0.15, 0.2) is 58.4 Å². The lowest BCUT2D eigenvalue weighted by atomic mass is 10.1. The van der Waals surface area contributed by atoms with Gasteiger partial charge in [0.1, 0.15) is 5.84 Å². The van der Waals surface area contributed by atoms with Crippen LogP contribution in [0.2, 0.25) is 0 Å². The predicted octanol–water partition coefficient (Wildman–Crippen LogP) is 1.89. The number of carbonyl (C=O) groups excluding carboxylic acids is 3. The Morgan fingerprint density at radius 3 is 2.52 bits per heavy atom. The number of aliphatic imine (C=N–C) groups is 1.